The standard InChI is InChI=1S/C22H27N5O2S/c1-15(2)22-23-18(14-30-22)13-19(28)27-11-9-26(10-12-27)16(3)21-24-20(25-29-21)17-7-5-4-6-8-17/h4-8,14-16H,9-13H2,1-3H3. The fourth-order valence-electron chi connectivity index (χ4n) is 3.56. The fourth-order valence-corrected chi connectivity index (χ4v) is 4.39. The van der Waals surface area contributed by atoms with Crippen molar-refractivity contribution in [3.63, 3.8) is 0 Å². The predicted octanol–water partition coefficient (Wildman–Crippen LogP) is 3.76. The highest BCUT2D eigenvalue weighted by atomic mass is 32.1. The molecule has 1 aliphatic rings. The van der Waals surface area contributed by atoms with Crippen LogP contribution in [0.1, 0.15) is 49.3 Å². The van der Waals surface area contributed by atoms with Gasteiger partial charge in [0.2, 0.25) is 17.6 Å². The average molecular weight is 426 g/mol. The molecule has 8 heteroatoms. The normalized spacial score (nSPS) is 16.2. The zero-order valence-electron chi connectivity index (χ0n) is 17.6. The molecule has 1 aliphatic heterocycles. The van der Waals surface area contributed by atoms with Gasteiger partial charge in [0.15, 0.2) is 0 Å². The van der Waals surface area contributed by atoms with E-state index in [0.29, 0.717) is 37.1 Å². The highest BCUT2D eigenvalue weighted by Gasteiger charge is 2.28. The summed E-state index contributed by atoms with van der Waals surface area (Å²) in [6, 6.07) is 9.83. The molecule has 3 heterocycles. The molecule has 0 N–H and O–H groups in total. The molecule has 1 saturated heterocycles. The summed E-state index contributed by atoms with van der Waals surface area (Å²) in [6.07, 6.45) is 0.378. The molecule has 1 atom stereocenters. The summed E-state index contributed by atoms with van der Waals surface area (Å²) in [5.41, 5.74) is 1.82. The Morgan fingerprint density at radius 2 is 1.83 bits per heavy atom. The zero-order chi connectivity index (χ0) is 21.1. The largest absolute Gasteiger partial charge is 0.340 e. The van der Waals surface area contributed by atoms with Crippen LogP contribution in [0.3, 0.4) is 0 Å². The first-order valence-electron chi connectivity index (χ1n) is 10.4. The average Bonchev–Trinajstić information content (AvgIpc) is 3.44. The van der Waals surface area contributed by atoms with Crippen molar-refractivity contribution in [3.05, 3.63) is 52.3 Å². The van der Waals surface area contributed by atoms with Crippen LogP contribution in [0.5, 0.6) is 0 Å². The summed E-state index contributed by atoms with van der Waals surface area (Å²) in [5, 5.41) is 7.22. The SMILES string of the molecule is CC(C)c1nc(CC(=O)N2CCN(C(C)c3nc(-c4ccccc4)no3)CC2)cs1. The van der Waals surface area contributed by atoms with E-state index >= 15 is 0 Å². The van der Waals surface area contributed by atoms with Crippen LogP contribution < -0.4 is 0 Å². The van der Waals surface area contributed by atoms with Gasteiger partial charge in [-0.2, -0.15) is 4.98 Å². The number of rotatable bonds is 6. The summed E-state index contributed by atoms with van der Waals surface area (Å²) < 4.78 is 5.52. The lowest BCUT2D eigenvalue weighted by Crippen LogP contribution is -2.49. The maximum atomic E-state index is 12.7. The summed E-state index contributed by atoms with van der Waals surface area (Å²) in [5.74, 6) is 1.76. The highest BCUT2D eigenvalue weighted by molar-refractivity contribution is 7.09. The number of piperazine rings is 1. The molecule has 7 nitrogen and oxygen atoms in total. The lowest BCUT2D eigenvalue weighted by Gasteiger charge is -2.36. The zero-order valence-corrected chi connectivity index (χ0v) is 18.4. The third-order valence-corrected chi connectivity index (χ3v) is 6.64. The monoisotopic (exact) mass is 425 g/mol. The Labute approximate surface area is 180 Å². The van der Waals surface area contributed by atoms with Crippen molar-refractivity contribution in [3.8, 4) is 11.4 Å². The van der Waals surface area contributed by atoms with Gasteiger partial charge in [-0.3, -0.25) is 9.69 Å². The maximum absolute atomic E-state index is 12.7. The van der Waals surface area contributed by atoms with Gasteiger partial charge >= 0.3 is 0 Å². The molecule has 0 bridgehead atoms. The number of hydrogen-bond acceptors (Lipinski definition) is 7. The molecule has 0 radical (unpaired) electrons. The van der Waals surface area contributed by atoms with Crippen LogP contribution in [0.15, 0.2) is 40.2 Å². The number of hydrogen-bond donors (Lipinski definition) is 0. The Bertz CT molecular complexity index is 976. The molecule has 1 fully saturated rings. The van der Waals surface area contributed by atoms with Gasteiger partial charge in [-0.05, 0) is 6.92 Å². The van der Waals surface area contributed by atoms with Crippen LogP contribution in [-0.2, 0) is 11.2 Å². The highest BCUT2D eigenvalue weighted by Crippen LogP contribution is 2.24. The third kappa shape index (κ3) is 4.60. The second kappa shape index (κ2) is 9.06. The molecule has 1 amide bonds. The lowest BCUT2D eigenvalue weighted by atomic mass is 10.2. The Morgan fingerprint density at radius 1 is 1.10 bits per heavy atom. The fraction of sp³-hybridized carbons (Fsp3) is 0.455. The van der Waals surface area contributed by atoms with E-state index in [2.05, 4.69) is 40.8 Å². The van der Waals surface area contributed by atoms with Gasteiger partial charge in [-0.1, -0.05) is 49.3 Å². The topological polar surface area (TPSA) is 75.4 Å². The van der Waals surface area contributed by atoms with E-state index in [1.807, 2.05) is 40.6 Å². The van der Waals surface area contributed by atoms with Crippen LogP contribution in [0.25, 0.3) is 11.4 Å². The molecule has 1 aromatic carbocycles. The van der Waals surface area contributed by atoms with Gasteiger partial charge in [0.05, 0.1) is 23.2 Å². The lowest BCUT2D eigenvalue weighted by molar-refractivity contribution is -0.132. The summed E-state index contributed by atoms with van der Waals surface area (Å²) in [6.45, 7) is 9.28. The molecule has 30 heavy (non-hydrogen) atoms. The van der Waals surface area contributed by atoms with Crippen molar-refractivity contribution >= 4 is 17.2 Å². The van der Waals surface area contributed by atoms with E-state index in [9.17, 15) is 4.79 Å². The predicted molar refractivity (Wildman–Crippen MR) is 116 cm³/mol. The van der Waals surface area contributed by atoms with Crippen molar-refractivity contribution in [2.75, 3.05) is 26.2 Å². The van der Waals surface area contributed by atoms with Gasteiger partial charge in [0.25, 0.3) is 0 Å². The number of aromatic nitrogens is 3. The molecule has 1 unspecified atom stereocenters. The molecule has 3 aromatic rings. The number of amides is 1. The van der Waals surface area contributed by atoms with Gasteiger partial charge in [0.1, 0.15) is 0 Å². The minimum atomic E-state index is 0.0133. The summed E-state index contributed by atoms with van der Waals surface area (Å²) in [4.78, 5) is 26.1. The number of carbonyl (C=O) groups excluding carboxylic acids is 1. The van der Waals surface area contributed by atoms with Gasteiger partial charge in [-0.15, -0.1) is 11.3 Å². The van der Waals surface area contributed by atoms with Gasteiger partial charge in [0, 0.05) is 43.0 Å². The molecular weight excluding hydrogens is 398 g/mol. The molecule has 158 valence electrons. The van der Waals surface area contributed by atoms with Crippen molar-refractivity contribution in [1.29, 1.82) is 0 Å². The Morgan fingerprint density at radius 3 is 2.50 bits per heavy atom. The second-order valence-corrected chi connectivity index (χ2v) is 8.81. The van der Waals surface area contributed by atoms with Crippen molar-refractivity contribution in [2.24, 2.45) is 0 Å². The van der Waals surface area contributed by atoms with Crippen LogP contribution in [0.2, 0.25) is 0 Å². The Kier molecular flexibility index (Phi) is 6.24. The number of thiazole rings is 1. The third-order valence-electron chi connectivity index (χ3n) is 5.44. The molecular formula is C22H27N5O2S. The van der Waals surface area contributed by atoms with Crippen LogP contribution in [0, 0.1) is 0 Å². The van der Waals surface area contributed by atoms with Crippen LogP contribution in [-0.4, -0.2) is 57.0 Å². The van der Waals surface area contributed by atoms with Gasteiger partial charge in [-0.25, -0.2) is 4.98 Å². The summed E-state index contributed by atoms with van der Waals surface area (Å²) >= 11 is 1.64. The molecule has 0 aliphatic carbocycles. The van der Waals surface area contributed by atoms with Crippen LogP contribution in [0.4, 0.5) is 0 Å². The van der Waals surface area contributed by atoms with E-state index in [4.69, 9.17) is 4.52 Å². The molecule has 0 saturated carbocycles. The van der Waals surface area contributed by atoms with Gasteiger partial charge < -0.3 is 9.42 Å². The maximum Gasteiger partial charge on any atom is 0.244 e. The Balaban J connectivity index is 1.31. The summed E-state index contributed by atoms with van der Waals surface area (Å²) in [7, 11) is 0. The van der Waals surface area contributed by atoms with E-state index in [1.165, 1.54) is 0 Å². The van der Waals surface area contributed by atoms with Crippen molar-refractivity contribution in [2.45, 2.75) is 39.2 Å². The molecule has 4 rings (SSSR count). The first kappa shape index (κ1) is 20.7. The minimum Gasteiger partial charge on any atom is -0.340 e. The van der Waals surface area contributed by atoms with Crippen LogP contribution >= 0.6 is 11.3 Å². The van der Waals surface area contributed by atoms with E-state index < -0.39 is 0 Å². The quantitative estimate of drug-likeness (QED) is 0.599. The molecule has 0 spiro atoms. The smallest absolute Gasteiger partial charge is 0.244 e. The first-order valence-corrected chi connectivity index (χ1v) is 11.2. The van der Waals surface area contributed by atoms with Crippen molar-refractivity contribution < 1.29 is 9.32 Å². The van der Waals surface area contributed by atoms with Crippen molar-refractivity contribution in [1.82, 2.24) is 24.9 Å². The van der Waals surface area contributed by atoms with E-state index in [-0.39, 0.29) is 11.9 Å². The first-order chi connectivity index (χ1) is 14.5. The Hall–Kier alpha value is -2.58. The van der Waals surface area contributed by atoms with E-state index in [1.54, 1.807) is 11.3 Å². The van der Waals surface area contributed by atoms with E-state index in [0.717, 1.165) is 29.4 Å². The second-order valence-electron chi connectivity index (χ2n) is 7.92. The number of carbonyl (C=O) groups is 1. The number of benzene rings is 1. The number of nitrogens with zero attached hydrogens (tertiary/aromatic N) is 5. The minimum absolute atomic E-state index is 0.0133. The molecule has 2 aromatic heterocycles.